The van der Waals surface area contributed by atoms with Crippen LogP contribution in [0, 0.1) is 17.5 Å². The van der Waals surface area contributed by atoms with Crippen molar-refractivity contribution in [3.63, 3.8) is 0 Å². The summed E-state index contributed by atoms with van der Waals surface area (Å²) in [6.45, 7) is 0.880. The Bertz CT molecular complexity index is 1280. The maximum atomic E-state index is 14.5. The van der Waals surface area contributed by atoms with Crippen LogP contribution >= 0.6 is 0 Å². The molecule has 32 heavy (non-hydrogen) atoms. The van der Waals surface area contributed by atoms with E-state index in [1.54, 1.807) is 17.0 Å². The molecule has 1 amide bonds. The van der Waals surface area contributed by atoms with E-state index in [9.17, 15) is 18.0 Å². The van der Waals surface area contributed by atoms with Crippen LogP contribution in [0.4, 0.5) is 18.0 Å². The molecule has 5 rings (SSSR count). The van der Waals surface area contributed by atoms with E-state index >= 15 is 0 Å². The van der Waals surface area contributed by atoms with Crippen molar-refractivity contribution in [3.05, 3.63) is 95.3 Å². The van der Waals surface area contributed by atoms with Gasteiger partial charge in [0.1, 0.15) is 24.1 Å². The van der Waals surface area contributed by atoms with E-state index in [0.29, 0.717) is 35.3 Å². The van der Waals surface area contributed by atoms with E-state index in [1.165, 1.54) is 18.2 Å². The topological polar surface area (TPSA) is 45.3 Å². The van der Waals surface area contributed by atoms with Crippen LogP contribution in [-0.2, 0) is 11.3 Å². The van der Waals surface area contributed by atoms with Crippen molar-refractivity contribution in [1.82, 2.24) is 9.88 Å². The third-order valence-corrected chi connectivity index (χ3v) is 5.75. The minimum absolute atomic E-state index is 0.144. The Hall–Kier alpha value is -3.74. The van der Waals surface area contributed by atoms with Crippen molar-refractivity contribution in [3.8, 4) is 11.3 Å². The molecule has 4 nitrogen and oxygen atoms in total. The Balaban J connectivity index is 1.41. The zero-order valence-corrected chi connectivity index (χ0v) is 16.9. The molecule has 1 aliphatic heterocycles. The average Bonchev–Trinajstić information content (AvgIpc) is 3.12. The predicted molar refractivity (Wildman–Crippen MR) is 115 cm³/mol. The first-order valence-corrected chi connectivity index (χ1v) is 10.2. The van der Waals surface area contributed by atoms with Crippen LogP contribution in [0.5, 0.6) is 0 Å². The van der Waals surface area contributed by atoms with Crippen molar-refractivity contribution in [2.45, 2.75) is 12.5 Å². The fraction of sp³-hybridized carbons (Fsp3) is 0.160. The molecule has 0 aliphatic carbocycles. The highest BCUT2D eigenvalue weighted by Crippen LogP contribution is 2.41. The van der Waals surface area contributed by atoms with Gasteiger partial charge in [-0.2, -0.15) is 0 Å². The summed E-state index contributed by atoms with van der Waals surface area (Å²) in [5.74, 6) is -1.92. The number of aromatic nitrogens is 1. The quantitative estimate of drug-likeness (QED) is 0.427. The van der Waals surface area contributed by atoms with Gasteiger partial charge < -0.3 is 14.6 Å². The number of carbonyl (C=O) groups is 1. The maximum absolute atomic E-state index is 14.5. The highest BCUT2D eigenvalue weighted by atomic mass is 19.1. The van der Waals surface area contributed by atoms with E-state index in [0.717, 1.165) is 11.6 Å². The van der Waals surface area contributed by atoms with Gasteiger partial charge in [-0.15, -0.1) is 0 Å². The number of ether oxygens (including phenoxy) is 1. The zero-order chi connectivity index (χ0) is 22.2. The molecule has 3 aromatic carbocycles. The summed E-state index contributed by atoms with van der Waals surface area (Å²) >= 11 is 0. The molecule has 0 spiro atoms. The van der Waals surface area contributed by atoms with Crippen LogP contribution in [0.2, 0.25) is 0 Å². The number of aromatic amines is 1. The van der Waals surface area contributed by atoms with Crippen LogP contribution in [0.25, 0.3) is 22.2 Å². The second-order valence-electron chi connectivity index (χ2n) is 7.87. The Kier molecular flexibility index (Phi) is 5.09. The van der Waals surface area contributed by atoms with Crippen LogP contribution in [0.1, 0.15) is 17.0 Å². The lowest BCUT2D eigenvalue weighted by atomic mass is 9.87. The van der Waals surface area contributed by atoms with Crippen LogP contribution in [0.15, 0.2) is 66.7 Å². The highest BCUT2D eigenvalue weighted by Gasteiger charge is 2.36. The number of hydrogen-bond donors (Lipinski definition) is 1. The molecule has 0 bridgehead atoms. The molecule has 1 aliphatic rings. The van der Waals surface area contributed by atoms with Crippen molar-refractivity contribution in [1.29, 1.82) is 0 Å². The summed E-state index contributed by atoms with van der Waals surface area (Å²) in [7, 11) is 0. The summed E-state index contributed by atoms with van der Waals surface area (Å²) in [6.07, 6.45) is -0.439. The van der Waals surface area contributed by atoms with Gasteiger partial charge >= 0.3 is 6.09 Å². The summed E-state index contributed by atoms with van der Waals surface area (Å²) in [5, 5.41) is 0.420. The second-order valence-corrected chi connectivity index (χ2v) is 7.87. The molecule has 0 atom stereocenters. The lowest BCUT2D eigenvalue weighted by Crippen LogP contribution is -2.48. The van der Waals surface area contributed by atoms with Crippen molar-refractivity contribution in [2.24, 2.45) is 0 Å². The number of benzene rings is 3. The molecule has 0 saturated carbocycles. The number of fused-ring (bicyclic) bond motifs is 1. The van der Waals surface area contributed by atoms with Gasteiger partial charge in [0.2, 0.25) is 0 Å². The number of carbonyl (C=O) groups excluding carboxylic acids is 1. The van der Waals surface area contributed by atoms with Gasteiger partial charge in [-0.3, -0.25) is 0 Å². The lowest BCUT2D eigenvalue weighted by molar-refractivity contribution is 0.0667. The summed E-state index contributed by atoms with van der Waals surface area (Å²) in [4.78, 5) is 17.0. The average molecular weight is 436 g/mol. The second kappa shape index (κ2) is 8.07. The highest BCUT2D eigenvalue weighted by molar-refractivity contribution is 5.92. The van der Waals surface area contributed by atoms with Crippen molar-refractivity contribution in [2.75, 3.05) is 13.1 Å². The molecule has 1 saturated heterocycles. The molecule has 1 fully saturated rings. The minimum Gasteiger partial charge on any atom is -0.445 e. The van der Waals surface area contributed by atoms with Gasteiger partial charge in [-0.1, -0.05) is 30.3 Å². The number of rotatable bonds is 4. The number of nitrogens with one attached hydrogen (secondary N) is 1. The first kappa shape index (κ1) is 20.2. The van der Waals surface area contributed by atoms with E-state index < -0.39 is 17.7 Å². The van der Waals surface area contributed by atoms with Gasteiger partial charge in [0.25, 0.3) is 0 Å². The fourth-order valence-electron chi connectivity index (χ4n) is 4.13. The largest absolute Gasteiger partial charge is 0.445 e. The molecule has 2 heterocycles. The Morgan fingerprint density at radius 2 is 1.69 bits per heavy atom. The monoisotopic (exact) mass is 436 g/mol. The molecule has 162 valence electrons. The van der Waals surface area contributed by atoms with E-state index in [1.807, 2.05) is 30.3 Å². The van der Waals surface area contributed by atoms with Gasteiger partial charge in [0.05, 0.1) is 11.2 Å². The van der Waals surface area contributed by atoms with Gasteiger partial charge in [-0.25, -0.2) is 18.0 Å². The van der Waals surface area contributed by atoms with E-state index in [-0.39, 0.29) is 23.9 Å². The molecule has 0 radical (unpaired) electrons. The molecule has 4 aromatic rings. The number of H-pyrrole nitrogens is 1. The molecule has 1 N–H and O–H groups in total. The maximum Gasteiger partial charge on any atom is 0.410 e. The number of likely N-dealkylation sites (tertiary alicyclic amines) is 1. The number of nitrogens with zero attached hydrogens (tertiary/aromatic N) is 1. The first-order chi connectivity index (χ1) is 15.5. The Morgan fingerprint density at radius 1 is 0.969 bits per heavy atom. The smallest absolute Gasteiger partial charge is 0.410 e. The molecule has 7 heteroatoms. The van der Waals surface area contributed by atoms with Crippen molar-refractivity contribution >= 4 is 17.0 Å². The third-order valence-electron chi connectivity index (χ3n) is 5.75. The standard InChI is InChI=1S/C25H19F3N2O2/c26-18-8-6-16(7-9-18)23-22(20-10-19(27)11-21(28)24(20)29-23)17-12-30(13-17)25(31)32-14-15-4-2-1-3-5-15/h1-11,17,29H,12-14H2. The third kappa shape index (κ3) is 3.70. The number of amides is 1. The fourth-order valence-corrected chi connectivity index (χ4v) is 4.13. The summed E-state index contributed by atoms with van der Waals surface area (Å²) in [5.41, 5.74) is 3.02. The van der Waals surface area contributed by atoms with Gasteiger partial charge in [-0.05, 0) is 47.0 Å². The Labute approximate surface area is 182 Å². The minimum atomic E-state index is -0.701. The van der Waals surface area contributed by atoms with Gasteiger partial charge in [0, 0.05) is 30.5 Å². The number of hydrogen-bond acceptors (Lipinski definition) is 2. The van der Waals surface area contributed by atoms with Gasteiger partial charge in [0.15, 0.2) is 0 Å². The van der Waals surface area contributed by atoms with E-state index in [2.05, 4.69) is 4.98 Å². The lowest BCUT2D eigenvalue weighted by Gasteiger charge is -2.38. The summed E-state index contributed by atoms with van der Waals surface area (Å²) < 4.78 is 47.2. The zero-order valence-electron chi connectivity index (χ0n) is 16.9. The van der Waals surface area contributed by atoms with Crippen LogP contribution in [-0.4, -0.2) is 29.1 Å². The number of halogens is 3. The first-order valence-electron chi connectivity index (χ1n) is 10.2. The predicted octanol–water partition coefficient (Wildman–Crippen LogP) is 5.99. The summed E-state index contributed by atoms with van der Waals surface area (Å²) in [6, 6.07) is 17.3. The molecule has 1 aromatic heterocycles. The van der Waals surface area contributed by atoms with Crippen molar-refractivity contribution < 1.29 is 22.7 Å². The normalized spacial score (nSPS) is 13.9. The SMILES string of the molecule is O=C(OCc1ccccc1)N1CC(c2c(-c3ccc(F)cc3)[nH]c3c(F)cc(F)cc23)C1. The van der Waals surface area contributed by atoms with Crippen LogP contribution in [0.3, 0.4) is 0 Å². The molecular formula is C25H19F3N2O2. The van der Waals surface area contributed by atoms with E-state index in [4.69, 9.17) is 4.74 Å². The Morgan fingerprint density at radius 3 is 2.41 bits per heavy atom. The van der Waals surface area contributed by atoms with Crippen LogP contribution < -0.4 is 0 Å². The molecular weight excluding hydrogens is 417 g/mol. The molecule has 0 unspecified atom stereocenters.